The number of aromatic nitrogens is 2. The Bertz CT molecular complexity index is 612. The van der Waals surface area contributed by atoms with E-state index >= 15 is 0 Å². The van der Waals surface area contributed by atoms with Gasteiger partial charge in [0.1, 0.15) is 11.7 Å². The Labute approximate surface area is 122 Å². The summed E-state index contributed by atoms with van der Waals surface area (Å²) in [6.07, 6.45) is 0.862. The van der Waals surface area contributed by atoms with Crippen LogP contribution in [-0.2, 0) is 16.0 Å². The molecule has 6 heteroatoms. The second kappa shape index (κ2) is 6.97. The van der Waals surface area contributed by atoms with Gasteiger partial charge >= 0.3 is 5.97 Å². The van der Waals surface area contributed by atoms with Gasteiger partial charge in [0, 0.05) is 6.42 Å². The smallest absolute Gasteiger partial charge is 0.318 e. The summed E-state index contributed by atoms with van der Waals surface area (Å²) < 4.78 is 23.2. The molecule has 112 valence electrons. The van der Waals surface area contributed by atoms with Crippen molar-refractivity contribution in [2.75, 3.05) is 6.61 Å². The maximum Gasteiger partial charge on any atom is 0.318 e. The van der Waals surface area contributed by atoms with E-state index in [9.17, 15) is 9.18 Å². The standard InChI is InChI=1S/C15H17FN2O3/c1-3-12(15(19)20-4-2)14-17-13(18-21-14)9-10-6-5-7-11(16)8-10/h5-8,12H,3-4,9H2,1-2H3. The summed E-state index contributed by atoms with van der Waals surface area (Å²) in [6.45, 7) is 3.89. The molecule has 1 atom stereocenters. The number of benzene rings is 1. The number of nitrogens with zero attached hydrogens (tertiary/aromatic N) is 2. The largest absolute Gasteiger partial charge is 0.465 e. The molecule has 0 saturated heterocycles. The molecule has 2 aromatic rings. The van der Waals surface area contributed by atoms with Crippen LogP contribution < -0.4 is 0 Å². The molecule has 5 nitrogen and oxygen atoms in total. The van der Waals surface area contributed by atoms with E-state index in [0.717, 1.165) is 5.56 Å². The van der Waals surface area contributed by atoms with Crippen molar-refractivity contribution in [1.29, 1.82) is 0 Å². The topological polar surface area (TPSA) is 65.2 Å². The summed E-state index contributed by atoms with van der Waals surface area (Å²) in [6, 6.07) is 6.19. The van der Waals surface area contributed by atoms with Gasteiger partial charge in [0.2, 0.25) is 5.89 Å². The Balaban J connectivity index is 2.11. The minimum atomic E-state index is -0.557. The molecule has 0 radical (unpaired) electrons. The van der Waals surface area contributed by atoms with Crippen LogP contribution in [0.25, 0.3) is 0 Å². The maximum absolute atomic E-state index is 13.1. The summed E-state index contributed by atoms with van der Waals surface area (Å²) in [5.41, 5.74) is 0.742. The Hall–Kier alpha value is -2.24. The zero-order valence-electron chi connectivity index (χ0n) is 12.0. The lowest BCUT2D eigenvalue weighted by Crippen LogP contribution is -2.15. The third-order valence-electron chi connectivity index (χ3n) is 3.01. The Morgan fingerprint density at radius 2 is 2.24 bits per heavy atom. The average molecular weight is 292 g/mol. The summed E-state index contributed by atoms with van der Waals surface area (Å²) in [4.78, 5) is 16.0. The number of hydrogen-bond acceptors (Lipinski definition) is 5. The van der Waals surface area contributed by atoms with Crippen molar-refractivity contribution in [2.24, 2.45) is 0 Å². The first-order valence-electron chi connectivity index (χ1n) is 6.87. The average Bonchev–Trinajstić information content (AvgIpc) is 2.88. The normalized spacial score (nSPS) is 12.1. The highest BCUT2D eigenvalue weighted by Gasteiger charge is 2.26. The van der Waals surface area contributed by atoms with Crippen molar-refractivity contribution in [3.8, 4) is 0 Å². The zero-order valence-corrected chi connectivity index (χ0v) is 12.0. The lowest BCUT2D eigenvalue weighted by molar-refractivity contribution is -0.145. The van der Waals surface area contributed by atoms with Gasteiger partial charge in [0.25, 0.3) is 0 Å². The number of hydrogen-bond donors (Lipinski definition) is 0. The van der Waals surface area contributed by atoms with Gasteiger partial charge in [-0.1, -0.05) is 24.2 Å². The highest BCUT2D eigenvalue weighted by atomic mass is 19.1. The quantitative estimate of drug-likeness (QED) is 0.766. The van der Waals surface area contributed by atoms with Crippen molar-refractivity contribution in [3.63, 3.8) is 0 Å². The van der Waals surface area contributed by atoms with Gasteiger partial charge in [-0.2, -0.15) is 4.98 Å². The summed E-state index contributed by atoms with van der Waals surface area (Å²) in [5, 5.41) is 3.84. The van der Waals surface area contributed by atoms with Gasteiger partial charge in [-0.25, -0.2) is 4.39 Å². The molecule has 0 aliphatic rings. The van der Waals surface area contributed by atoms with Crippen molar-refractivity contribution in [3.05, 3.63) is 47.4 Å². The van der Waals surface area contributed by atoms with Gasteiger partial charge in [-0.3, -0.25) is 4.79 Å². The molecule has 0 fully saturated rings. The number of carbonyl (C=O) groups excluding carboxylic acids is 1. The van der Waals surface area contributed by atoms with E-state index in [0.29, 0.717) is 25.3 Å². The lowest BCUT2D eigenvalue weighted by atomic mass is 10.1. The Kier molecular flexibility index (Phi) is 5.03. The Morgan fingerprint density at radius 3 is 2.90 bits per heavy atom. The second-order valence-electron chi connectivity index (χ2n) is 4.57. The molecule has 0 aliphatic heterocycles. The van der Waals surface area contributed by atoms with Crippen LogP contribution in [0, 0.1) is 5.82 Å². The third-order valence-corrected chi connectivity index (χ3v) is 3.01. The lowest BCUT2D eigenvalue weighted by Gasteiger charge is -2.08. The van der Waals surface area contributed by atoms with E-state index in [4.69, 9.17) is 9.26 Å². The molecule has 21 heavy (non-hydrogen) atoms. The predicted molar refractivity (Wildman–Crippen MR) is 73.2 cm³/mol. The zero-order chi connectivity index (χ0) is 15.2. The van der Waals surface area contributed by atoms with Gasteiger partial charge in [-0.15, -0.1) is 0 Å². The molecule has 0 N–H and O–H groups in total. The highest BCUT2D eigenvalue weighted by Crippen LogP contribution is 2.20. The second-order valence-corrected chi connectivity index (χ2v) is 4.57. The minimum Gasteiger partial charge on any atom is -0.465 e. The molecule has 1 unspecified atom stereocenters. The first kappa shape index (κ1) is 15.2. The van der Waals surface area contributed by atoms with E-state index in [1.165, 1.54) is 12.1 Å². The maximum atomic E-state index is 13.1. The highest BCUT2D eigenvalue weighted by molar-refractivity contribution is 5.76. The predicted octanol–water partition coefficient (Wildman–Crippen LogP) is 2.86. The Morgan fingerprint density at radius 1 is 1.43 bits per heavy atom. The van der Waals surface area contributed by atoms with Crippen LogP contribution in [0.3, 0.4) is 0 Å². The van der Waals surface area contributed by atoms with Crippen LogP contribution in [0.1, 0.15) is 43.5 Å². The summed E-state index contributed by atoms with van der Waals surface area (Å²) >= 11 is 0. The van der Waals surface area contributed by atoms with Crippen molar-refractivity contribution >= 4 is 5.97 Å². The van der Waals surface area contributed by atoms with E-state index in [1.807, 2.05) is 6.92 Å². The molecule has 0 saturated carbocycles. The number of esters is 1. The van der Waals surface area contributed by atoms with Crippen LogP contribution >= 0.6 is 0 Å². The van der Waals surface area contributed by atoms with Gasteiger partial charge in [-0.05, 0) is 31.0 Å². The number of halogens is 1. The fourth-order valence-corrected chi connectivity index (χ4v) is 2.00. The van der Waals surface area contributed by atoms with E-state index in [-0.39, 0.29) is 17.7 Å². The molecular weight excluding hydrogens is 275 g/mol. The first-order valence-corrected chi connectivity index (χ1v) is 6.87. The van der Waals surface area contributed by atoms with Crippen LogP contribution in [0.4, 0.5) is 4.39 Å². The monoisotopic (exact) mass is 292 g/mol. The van der Waals surface area contributed by atoms with Gasteiger partial charge in [0.05, 0.1) is 6.61 Å². The molecular formula is C15H17FN2O3. The van der Waals surface area contributed by atoms with E-state index < -0.39 is 5.92 Å². The molecule has 2 rings (SSSR count). The van der Waals surface area contributed by atoms with Crippen LogP contribution in [0.15, 0.2) is 28.8 Å². The SMILES string of the molecule is CCOC(=O)C(CC)c1nc(Cc2cccc(F)c2)no1. The summed E-state index contributed by atoms with van der Waals surface area (Å²) in [7, 11) is 0. The molecule has 1 aromatic heterocycles. The fourth-order valence-electron chi connectivity index (χ4n) is 2.00. The molecule has 0 amide bonds. The fraction of sp³-hybridized carbons (Fsp3) is 0.400. The molecule has 0 spiro atoms. The van der Waals surface area contributed by atoms with Crippen molar-refractivity contribution < 1.29 is 18.4 Å². The van der Waals surface area contributed by atoms with E-state index in [2.05, 4.69) is 10.1 Å². The molecule has 1 aromatic carbocycles. The first-order chi connectivity index (χ1) is 10.1. The molecule has 0 aliphatic carbocycles. The number of rotatable bonds is 6. The van der Waals surface area contributed by atoms with Crippen molar-refractivity contribution in [1.82, 2.24) is 10.1 Å². The van der Waals surface area contributed by atoms with Crippen LogP contribution in [0.5, 0.6) is 0 Å². The van der Waals surface area contributed by atoms with Crippen LogP contribution in [-0.4, -0.2) is 22.7 Å². The van der Waals surface area contributed by atoms with Crippen molar-refractivity contribution in [2.45, 2.75) is 32.6 Å². The van der Waals surface area contributed by atoms with Gasteiger partial charge in [0.15, 0.2) is 5.82 Å². The van der Waals surface area contributed by atoms with Gasteiger partial charge < -0.3 is 9.26 Å². The summed E-state index contributed by atoms with van der Waals surface area (Å²) in [5.74, 6) is -0.588. The molecule has 0 bridgehead atoms. The number of carbonyl (C=O) groups is 1. The van der Waals surface area contributed by atoms with Crippen LogP contribution in [0.2, 0.25) is 0 Å². The minimum absolute atomic E-state index is 0.238. The molecule has 1 heterocycles. The van der Waals surface area contributed by atoms with E-state index in [1.54, 1.807) is 19.1 Å². The number of ether oxygens (including phenoxy) is 1. The third kappa shape index (κ3) is 3.87.